The molecule has 0 saturated heterocycles. The summed E-state index contributed by atoms with van der Waals surface area (Å²) >= 11 is 0. The lowest BCUT2D eigenvalue weighted by Crippen LogP contribution is -2.43. The minimum absolute atomic E-state index is 0.0683. The number of esters is 1. The zero-order chi connectivity index (χ0) is 22.5. The average molecular weight is 436 g/mol. The molecular weight excluding hydrogens is 412 g/mol. The van der Waals surface area contributed by atoms with Crippen molar-refractivity contribution >= 4 is 11.7 Å². The Kier molecular flexibility index (Phi) is 4.89. The Balaban J connectivity index is 1.41. The number of methoxy groups -OCH3 is 1. The van der Waals surface area contributed by atoms with Crippen LogP contribution >= 0.6 is 0 Å². The Labute approximate surface area is 185 Å². The lowest BCUT2D eigenvalue weighted by Gasteiger charge is -2.36. The van der Waals surface area contributed by atoms with Crippen LogP contribution in [0.3, 0.4) is 0 Å². The van der Waals surface area contributed by atoms with Crippen molar-refractivity contribution in [3.8, 4) is 11.5 Å². The van der Waals surface area contributed by atoms with Crippen molar-refractivity contribution in [1.29, 1.82) is 0 Å². The first-order chi connectivity index (χ1) is 15.4. The quantitative estimate of drug-likeness (QED) is 0.313. The first kappa shape index (κ1) is 20.5. The molecule has 3 atom stereocenters. The third-order valence-electron chi connectivity index (χ3n) is 6.70. The van der Waals surface area contributed by atoms with E-state index in [-0.39, 0.29) is 22.8 Å². The molecule has 8 heteroatoms. The maximum absolute atomic E-state index is 12.6. The van der Waals surface area contributed by atoms with E-state index in [1.54, 1.807) is 7.11 Å². The van der Waals surface area contributed by atoms with Crippen LogP contribution in [0.5, 0.6) is 11.5 Å². The normalized spacial score (nSPS) is 25.8. The maximum atomic E-state index is 12.6. The van der Waals surface area contributed by atoms with E-state index in [4.69, 9.17) is 14.2 Å². The minimum atomic E-state index is -0.514. The Morgan fingerprint density at radius 3 is 2.75 bits per heavy atom. The van der Waals surface area contributed by atoms with E-state index in [1.807, 2.05) is 12.1 Å². The number of benzene rings is 2. The molecule has 0 saturated carbocycles. The molecule has 1 aliphatic carbocycles. The lowest BCUT2D eigenvalue weighted by atomic mass is 9.69. The standard InChI is InChI=1S/C24H24N2O6/c1-25-12-11-24-10-9-18(31-23(27)15-3-6-17(7-4-15)26(28)29)13-20(24)32-22-19(30-2)8-5-16(14-25)21(22)24/h3-10,18,20H,11-14H2,1-2H3/t18-,20+,24+/m1/s1. The highest BCUT2D eigenvalue weighted by atomic mass is 16.6. The Morgan fingerprint density at radius 1 is 1.25 bits per heavy atom. The molecule has 32 heavy (non-hydrogen) atoms. The highest BCUT2D eigenvalue weighted by Crippen LogP contribution is 2.55. The summed E-state index contributed by atoms with van der Waals surface area (Å²) in [6.45, 7) is 1.77. The van der Waals surface area contributed by atoms with E-state index in [2.05, 4.69) is 24.1 Å². The highest BCUT2D eigenvalue weighted by Gasteiger charge is 2.53. The van der Waals surface area contributed by atoms with Crippen LogP contribution in [0.1, 0.15) is 34.3 Å². The average Bonchev–Trinajstić information content (AvgIpc) is 3.05. The van der Waals surface area contributed by atoms with Crippen molar-refractivity contribution in [2.75, 3.05) is 20.7 Å². The van der Waals surface area contributed by atoms with Gasteiger partial charge in [0.2, 0.25) is 0 Å². The van der Waals surface area contributed by atoms with Gasteiger partial charge in [0.15, 0.2) is 11.5 Å². The molecule has 0 unspecified atom stereocenters. The molecule has 2 aromatic carbocycles. The molecule has 1 spiro atoms. The highest BCUT2D eigenvalue weighted by molar-refractivity contribution is 5.89. The second-order valence-electron chi connectivity index (χ2n) is 8.61. The molecule has 0 radical (unpaired) electrons. The van der Waals surface area contributed by atoms with Crippen molar-refractivity contribution in [1.82, 2.24) is 4.90 Å². The van der Waals surface area contributed by atoms with Crippen LogP contribution in [-0.2, 0) is 16.7 Å². The van der Waals surface area contributed by atoms with E-state index in [1.165, 1.54) is 35.4 Å². The summed E-state index contributed by atoms with van der Waals surface area (Å²) in [5, 5.41) is 10.8. The number of carbonyl (C=O) groups excluding carboxylic acids is 1. The topological polar surface area (TPSA) is 91.1 Å². The molecule has 5 rings (SSSR count). The molecule has 0 amide bonds. The Morgan fingerprint density at radius 2 is 2.03 bits per heavy atom. The molecule has 2 aliphatic heterocycles. The number of hydrogen-bond donors (Lipinski definition) is 0. The molecule has 2 heterocycles. The third kappa shape index (κ3) is 3.22. The molecule has 2 aromatic rings. The zero-order valence-electron chi connectivity index (χ0n) is 17.9. The van der Waals surface area contributed by atoms with Crippen LogP contribution in [0, 0.1) is 10.1 Å². The van der Waals surface area contributed by atoms with Gasteiger partial charge >= 0.3 is 5.97 Å². The van der Waals surface area contributed by atoms with Crippen LogP contribution in [0.4, 0.5) is 5.69 Å². The fourth-order valence-corrected chi connectivity index (χ4v) is 5.08. The van der Waals surface area contributed by atoms with Crippen molar-refractivity contribution in [2.24, 2.45) is 0 Å². The Bertz CT molecular complexity index is 1110. The van der Waals surface area contributed by atoms with Crippen molar-refractivity contribution in [3.63, 3.8) is 0 Å². The number of nitrogens with zero attached hydrogens (tertiary/aromatic N) is 2. The first-order valence-electron chi connectivity index (χ1n) is 10.6. The van der Waals surface area contributed by atoms with Gasteiger partial charge < -0.3 is 19.1 Å². The van der Waals surface area contributed by atoms with E-state index in [9.17, 15) is 14.9 Å². The van der Waals surface area contributed by atoms with Crippen LogP contribution in [0.15, 0.2) is 48.6 Å². The lowest BCUT2D eigenvalue weighted by molar-refractivity contribution is -0.384. The third-order valence-corrected chi connectivity index (χ3v) is 6.70. The van der Waals surface area contributed by atoms with Gasteiger partial charge in [0, 0.05) is 30.7 Å². The fraction of sp³-hybridized carbons (Fsp3) is 0.375. The van der Waals surface area contributed by atoms with Gasteiger partial charge in [-0.1, -0.05) is 12.1 Å². The van der Waals surface area contributed by atoms with E-state index in [0.717, 1.165) is 31.0 Å². The smallest absolute Gasteiger partial charge is 0.338 e. The van der Waals surface area contributed by atoms with Gasteiger partial charge in [0.25, 0.3) is 5.69 Å². The van der Waals surface area contributed by atoms with Gasteiger partial charge in [-0.15, -0.1) is 0 Å². The maximum Gasteiger partial charge on any atom is 0.338 e. The predicted molar refractivity (Wildman–Crippen MR) is 116 cm³/mol. The number of ether oxygens (including phenoxy) is 3. The van der Waals surface area contributed by atoms with Gasteiger partial charge in [-0.25, -0.2) is 4.79 Å². The molecule has 0 bridgehead atoms. The van der Waals surface area contributed by atoms with Crippen LogP contribution in [0.2, 0.25) is 0 Å². The summed E-state index contributed by atoms with van der Waals surface area (Å²) in [5.74, 6) is 0.993. The van der Waals surface area contributed by atoms with E-state index >= 15 is 0 Å². The first-order valence-corrected chi connectivity index (χ1v) is 10.6. The summed E-state index contributed by atoms with van der Waals surface area (Å²) in [6.07, 6.45) is 4.91. The van der Waals surface area contributed by atoms with E-state index in [0.29, 0.717) is 6.42 Å². The number of rotatable bonds is 4. The number of nitro groups is 1. The van der Waals surface area contributed by atoms with Crippen molar-refractivity contribution in [2.45, 2.75) is 37.0 Å². The number of hydrogen-bond acceptors (Lipinski definition) is 7. The molecular formula is C24H24N2O6. The van der Waals surface area contributed by atoms with Gasteiger partial charge in [-0.3, -0.25) is 10.1 Å². The van der Waals surface area contributed by atoms with Gasteiger partial charge in [0.1, 0.15) is 12.2 Å². The SMILES string of the molecule is COc1ccc2c3c1O[C@H]1C[C@H](OC(=O)c4ccc([N+](=O)[O-])cc4)C=C[C@@]31CCN(C)C2. The Hall–Kier alpha value is -3.39. The summed E-state index contributed by atoms with van der Waals surface area (Å²) in [5.41, 5.74) is 2.35. The number of non-ortho nitro benzene ring substituents is 1. The van der Waals surface area contributed by atoms with Gasteiger partial charge in [-0.2, -0.15) is 0 Å². The van der Waals surface area contributed by atoms with E-state index < -0.39 is 17.0 Å². The summed E-state index contributed by atoms with van der Waals surface area (Å²) in [7, 11) is 3.76. The van der Waals surface area contributed by atoms with Crippen LogP contribution in [0.25, 0.3) is 0 Å². The van der Waals surface area contributed by atoms with Crippen molar-refractivity contribution in [3.05, 3.63) is 75.4 Å². The summed E-state index contributed by atoms with van der Waals surface area (Å²) in [4.78, 5) is 25.3. The molecule has 0 fully saturated rings. The molecule has 0 aromatic heterocycles. The van der Waals surface area contributed by atoms with Crippen LogP contribution < -0.4 is 9.47 Å². The van der Waals surface area contributed by atoms with Crippen LogP contribution in [-0.4, -0.2) is 48.7 Å². The van der Waals surface area contributed by atoms with Crippen molar-refractivity contribution < 1.29 is 23.9 Å². The second-order valence-corrected chi connectivity index (χ2v) is 8.61. The zero-order valence-corrected chi connectivity index (χ0v) is 17.9. The summed E-state index contributed by atoms with van der Waals surface area (Å²) < 4.78 is 17.7. The molecule has 3 aliphatic rings. The fourth-order valence-electron chi connectivity index (χ4n) is 5.08. The minimum Gasteiger partial charge on any atom is -0.493 e. The second kappa shape index (κ2) is 7.63. The number of nitro benzene ring substituents is 1. The monoisotopic (exact) mass is 436 g/mol. The van der Waals surface area contributed by atoms with Gasteiger partial charge in [-0.05, 0) is 49.9 Å². The van der Waals surface area contributed by atoms with Gasteiger partial charge in [0.05, 0.1) is 23.0 Å². The number of carbonyl (C=O) groups is 1. The molecule has 166 valence electrons. The summed E-state index contributed by atoms with van der Waals surface area (Å²) in [6, 6.07) is 9.49. The molecule has 0 N–H and O–H groups in total. The molecule has 8 nitrogen and oxygen atoms in total. The largest absolute Gasteiger partial charge is 0.493 e. The predicted octanol–water partition coefficient (Wildman–Crippen LogP) is 3.62.